The molecule has 0 aromatic heterocycles. The highest BCUT2D eigenvalue weighted by molar-refractivity contribution is 7.38. The second-order valence-electron chi connectivity index (χ2n) is 1.59. The van der Waals surface area contributed by atoms with Crippen LogP contribution < -0.4 is 5.73 Å². The quantitative estimate of drug-likeness (QED) is 0.581. The summed E-state index contributed by atoms with van der Waals surface area (Å²) in [5.74, 6) is 0. The van der Waals surface area contributed by atoms with E-state index in [2.05, 4.69) is 0 Å². The molecule has 0 amide bonds. The van der Waals surface area contributed by atoms with Crippen LogP contribution in [-0.4, -0.2) is 19.3 Å². The molecule has 8 heavy (non-hydrogen) atoms. The highest BCUT2D eigenvalue weighted by atomic mass is 31.1. The van der Waals surface area contributed by atoms with E-state index in [9.17, 15) is 4.57 Å². The third kappa shape index (κ3) is 4.19. The van der Waals surface area contributed by atoms with Gasteiger partial charge in [-0.05, 0) is 11.5 Å². The molecular weight excluding hydrogens is 125 g/mol. The lowest BCUT2D eigenvalue weighted by Gasteiger charge is -1.95. The molecule has 0 spiro atoms. The van der Waals surface area contributed by atoms with Gasteiger partial charge in [-0.15, -0.1) is 4.52 Å². The zero-order chi connectivity index (χ0) is 6.57. The van der Waals surface area contributed by atoms with E-state index in [1.165, 1.54) is 6.66 Å². The van der Waals surface area contributed by atoms with Crippen molar-refractivity contribution >= 4 is 8.03 Å². The number of rotatable bonds is 3. The predicted octanol–water partition coefficient (Wildman–Crippen LogP) is 0.722. The maximum Gasteiger partial charge on any atom is 0.505 e. The molecule has 3 nitrogen and oxygen atoms in total. The molecule has 2 atom stereocenters. The van der Waals surface area contributed by atoms with E-state index in [0.29, 0.717) is 6.54 Å². The predicted molar refractivity (Wildman–Crippen MR) is 33.1 cm³/mol. The molecular formula is C4H11NO2P+. The number of hydrogen-bond donors (Lipinski definition) is 1. The minimum absolute atomic E-state index is 0.0800. The second kappa shape index (κ2) is 3.96. The zero-order valence-electron chi connectivity index (χ0n) is 5.13. The third-order valence-electron chi connectivity index (χ3n) is 0.660. The Morgan fingerprint density at radius 1 is 1.88 bits per heavy atom. The van der Waals surface area contributed by atoms with Crippen LogP contribution in [0, 0.1) is 0 Å². The molecule has 2 N–H and O–H groups in total. The van der Waals surface area contributed by atoms with Crippen LogP contribution >= 0.6 is 8.03 Å². The van der Waals surface area contributed by atoms with E-state index in [4.69, 9.17) is 10.3 Å². The summed E-state index contributed by atoms with van der Waals surface area (Å²) in [6, 6.07) is 0. The molecule has 0 radical (unpaired) electrons. The fourth-order valence-corrected chi connectivity index (χ4v) is 0.889. The van der Waals surface area contributed by atoms with Gasteiger partial charge in [-0.3, -0.25) is 0 Å². The van der Waals surface area contributed by atoms with Crippen LogP contribution in [0.4, 0.5) is 0 Å². The zero-order valence-corrected chi connectivity index (χ0v) is 6.02. The minimum Gasteiger partial charge on any atom is -0.328 e. The van der Waals surface area contributed by atoms with Crippen LogP contribution in [-0.2, 0) is 9.09 Å². The molecule has 0 saturated carbocycles. The van der Waals surface area contributed by atoms with Gasteiger partial charge in [0.15, 0.2) is 6.66 Å². The Morgan fingerprint density at radius 3 is 2.50 bits per heavy atom. The minimum atomic E-state index is -1.48. The molecule has 0 aromatic rings. The molecule has 0 heterocycles. The Balaban J connectivity index is 3.24. The van der Waals surface area contributed by atoms with Crippen molar-refractivity contribution in [2.75, 3.05) is 13.2 Å². The molecule has 4 heteroatoms. The molecule has 0 saturated heterocycles. The lowest BCUT2D eigenvalue weighted by Crippen LogP contribution is -2.16. The Morgan fingerprint density at radius 2 is 2.38 bits per heavy atom. The first-order valence-corrected chi connectivity index (χ1v) is 4.07. The van der Waals surface area contributed by atoms with Crippen molar-refractivity contribution in [1.29, 1.82) is 0 Å². The SMILES string of the molecule is CC(CN)O[P+](C)=O. The van der Waals surface area contributed by atoms with Crippen molar-refractivity contribution in [1.82, 2.24) is 0 Å². The van der Waals surface area contributed by atoms with Gasteiger partial charge in [0.05, 0.1) is 0 Å². The van der Waals surface area contributed by atoms with Gasteiger partial charge in [-0.2, -0.15) is 0 Å². The molecule has 0 fully saturated rings. The first-order chi connectivity index (χ1) is 3.66. The van der Waals surface area contributed by atoms with Crippen LogP contribution in [0.3, 0.4) is 0 Å². The monoisotopic (exact) mass is 136 g/mol. The fraction of sp³-hybridized carbons (Fsp3) is 1.00. The van der Waals surface area contributed by atoms with Crippen LogP contribution in [0.15, 0.2) is 0 Å². The summed E-state index contributed by atoms with van der Waals surface area (Å²) in [5, 5.41) is 0. The number of hydrogen-bond acceptors (Lipinski definition) is 3. The molecule has 48 valence electrons. The van der Waals surface area contributed by atoms with Crippen molar-refractivity contribution < 1.29 is 9.09 Å². The summed E-state index contributed by atoms with van der Waals surface area (Å²) in [6.07, 6.45) is -0.0800. The first-order valence-electron chi connectivity index (χ1n) is 2.44. The molecule has 0 aliphatic rings. The van der Waals surface area contributed by atoms with Crippen molar-refractivity contribution in [2.45, 2.75) is 13.0 Å². The Hall–Kier alpha value is 0.0200. The van der Waals surface area contributed by atoms with E-state index < -0.39 is 8.03 Å². The van der Waals surface area contributed by atoms with Gasteiger partial charge >= 0.3 is 8.03 Å². The van der Waals surface area contributed by atoms with Gasteiger partial charge in [0.25, 0.3) is 0 Å². The van der Waals surface area contributed by atoms with E-state index >= 15 is 0 Å². The lowest BCUT2D eigenvalue weighted by atomic mass is 10.4. The summed E-state index contributed by atoms with van der Waals surface area (Å²) in [7, 11) is -1.48. The third-order valence-corrected chi connectivity index (χ3v) is 1.32. The smallest absolute Gasteiger partial charge is 0.328 e. The summed E-state index contributed by atoms with van der Waals surface area (Å²) < 4.78 is 15.1. The topological polar surface area (TPSA) is 52.3 Å². The molecule has 0 aliphatic heterocycles. The molecule has 0 bridgehead atoms. The summed E-state index contributed by atoms with van der Waals surface area (Å²) >= 11 is 0. The van der Waals surface area contributed by atoms with Crippen molar-refractivity contribution in [3.8, 4) is 0 Å². The van der Waals surface area contributed by atoms with Gasteiger partial charge in [-0.25, -0.2) is 0 Å². The summed E-state index contributed by atoms with van der Waals surface area (Å²) in [4.78, 5) is 0. The van der Waals surface area contributed by atoms with Gasteiger partial charge in [-0.1, -0.05) is 0 Å². The van der Waals surface area contributed by atoms with Crippen molar-refractivity contribution in [3.63, 3.8) is 0 Å². The van der Waals surface area contributed by atoms with Crippen LogP contribution in [0.25, 0.3) is 0 Å². The average molecular weight is 136 g/mol. The van der Waals surface area contributed by atoms with E-state index in [0.717, 1.165) is 0 Å². The fourth-order valence-electron chi connectivity index (χ4n) is 0.296. The largest absolute Gasteiger partial charge is 0.505 e. The van der Waals surface area contributed by atoms with Gasteiger partial charge < -0.3 is 5.73 Å². The van der Waals surface area contributed by atoms with E-state index in [1.54, 1.807) is 6.92 Å². The van der Waals surface area contributed by atoms with E-state index in [1.807, 2.05) is 0 Å². The highest BCUT2D eigenvalue weighted by Gasteiger charge is 2.11. The van der Waals surface area contributed by atoms with E-state index in [-0.39, 0.29) is 6.10 Å². The maximum atomic E-state index is 10.3. The van der Waals surface area contributed by atoms with Crippen molar-refractivity contribution in [3.05, 3.63) is 0 Å². The number of nitrogens with two attached hydrogens (primary N) is 1. The molecule has 0 rings (SSSR count). The van der Waals surface area contributed by atoms with Gasteiger partial charge in [0.2, 0.25) is 0 Å². The lowest BCUT2D eigenvalue weighted by molar-refractivity contribution is 0.245. The van der Waals surface area contributed by atoms with Crippen LogP contribution in [0.2, 0.25) is 0 Å². The Kier molecular flexibility index (Phi) is 3.97. The average Bonchev–Trinajstić information content (AvgIpc) is 1.65. The Labute approximate surface area is 50.1 Å². The molecule has 2 unspecified atom stereocenters. The molecule has 0 aromatic carbocycles. The standard InChI is InChI=1S/C4H11NO2P/c1-4(3-5)7-8(2)6/h4H,3,5H2,1-2H3/q+1. The maximum absolute atomic E-state index is 10.3. The van der Waals surface area contributed by atoms with Gasteiger partial charge in [0.1, 0.15) is 6.10 Å². The molecule has 0 aliphatic carbocycles. The van der Waals surface area contributed by atoms with Crippen molar-refractivity contribution in [2.24, 2.45) is 5.73 Å². The van der Waals surface area contributed by atoms with Crippen LogP contribution in [0.1, 0.15) is 6.92 Å². The normalized spacial score (nSPS) is 15.6. The summed E-state index contributed by atoms with van der Waals surface area (Å²) in [6.45, 7) is 3.73. The van der Waals surface area contributed by atoms with Crippen LogP contribution in [0.5, 0.6) is 0 Å². The highest BCUT2D eigenvalue weighted by Crippen LogP contribution is 2.17. The van der Waals surface area contributed by atoms with Gasteiger partial charge in [0, 0.05) is 6.54 Å². The Bertz CT molecular complexity index is 86.1. The second-order valence-corrected chi connectivity index (χ2v) is 2.68. The summed E-state index contributed by atoms with van der Waals surface area (Å²) in [5.41, 5.74) is 5.17. The first kappa shape index (κ1) is 8.02.